The fourth-order valence-electron chi connectivity index (χ4n) is 3.93. The fraction of sp³-hybridized carbons (Fsp3) is 0.654. The number of alkyl halides is 1. The summed E-state index contributed by atoms with van der Waals surface area (Å²) in [4.78, 5) is 39.5. The van der Waals surface area contributed by atoms with Gasteiger partial charge in [-0.3, -0.25) is 0 Å². The molecule has 0 aliphatic heterocycles. The molecule has 2 unspecified atom stereocenters. The first-order chi connectivity index (χ1) is 17.3. The van der Waals surface area contributed by atoms with Crippen LogP contribution in [0.3, 0.4) is 0 Å². The molecule has 0 saturated heterocycles. The molecule has 10 nitrogen and oxygen atoms in total. The molecule has 0 radical (unpaired) electrons. The van der Waals surface area contributed by atoms with Crippen LogP contribution in [-0.4, -0.2) is 61.3 Å². The Bertz CT molecular complexity index is 1200. The van der Waals surface area contributed by atoms with Gasteiger partial charge < -0.3 is 18.8 Å². The molecule has 0 spiro atoms. The van der Waals surface area contributed by atoms with Gasteiger partial charge in [-0.2, -0.15) is 9.97 Å². The van der Waals surface area contributed by atoms with Gasteiger partial charge in [0, 0.05) is 5.92 Å². The van der Waals surface area contributed by atoms with Crippen molar-refractivity contribution in [2.75, 3.05) is 11.5 Å². The third-order valence-electron chi connectivity index (χ3n) is 5.49. The van der Waals surface area contributed by atoms with Crippen molar-refractivity contribution in [1.29, 1.82) is 0 Å². The maximum Gasteiger partial charge on any atom is 0.427 e. The number of imidazole rings is 1. The molecule has 1 aliphatic rings. The van der Waals surface area contributed by atoms with Gasteiger partial charge in [0.1, 0.15) is 22.9 Å². The van der Waals surface area contributed by atoms with E-state index in [4.69, 9.17) is 25.8 Å². The van der Waals surface area contributed by atoms with Gasteiger partial charge in [-0.15, -0.1) is 4.90 Å². The van der Waals surface area contributed by atoms with Gasteiger partial charge in [-0.05, 0) is 74.3 Å². The quantitative estimate of drug-likeness (QED) is 0.315. The van der Waals surface area contributed by atoms with Gasteiger partial charge in [-0.1, -0.05) is 18.2 Å². The van der Waals surface area contributed by atoms with Crippen molar-refractivity contribution in [1.82, 2.24) is 19.5 Å². The zero-order valence-electron chi connectivity index (χ0n) is 23.5. The standard InChI is InChI=1S/C26H37ClFN5O5/c1-14-15(12-36-24(2,3)4)11-16(28)18(14)32-13-29-17-19(27)30-21(31-20(17)32)33(22(34)37-25(5,6)7)23(35)38-26(8,9)10/h13,15-16,18H,1,11-12H2,2-10H3/t15?,16-,18?/m0/s1. The summed E-state index contributed by atoms with van der Waals surface area (Å²) < 4.78 is 33.6. The van der Waals surface area contributed by atoms with Crippen LogP contribution in [0.4, 0.5) is 19.9 Å². The predicted molar refractivity (Wildman–Crippen MR) is 142 cm³/mol. The third kappa shape index (κ3) is 6.99. The average molecular weight is 554 g/mol. The highest BCUT2D eigenvalue weighted by Gasteiger charge is 2.41. The van der Waals surface area contributed by atoms with Crippen molar-refractivity contribution in [2.24, 2.45) is 5.92 Å². The van der Waals surface area contributed by atoms with Crippen LogP contribution in [0.15, 0.2) is 18.5 Å². The Balaban J connectivity index is 2.06. The summed E-state index contributed by atoms with van der Waals surface area (Å²) in [6, 6.07) is -0.802. The summed E-state index contributed by atoms with van der Waals surface area (Å²) in [5, 5.41) is -0.132. The molecule has 1 aliphatic carbocycles. The normalized spacial score (nSPS) is 20.6. The van der Waals surface area contributed by atoms with Gasteiger partial charge in [0.15, 0.2) is 10.8 Å². The summed E-state index contributed by atoms with van der Waals surface area (Å²) >= 11 is 6.41. The number of aromatic nitrogens is 4. The Morgan fingerprint density at radius 3 is 2.11 bits per heavy atom. The number of ether oxygens (including phenoxy) is 3. The van der Waals surface area contributed by atoms with Gasteiger partial charge in [0.05, 0.1) is 24.6 Å². The van der Waals surface area contributed by atoms with Crippen LogP contribution < -0.4 is 4.90 Å². The lowest BCUT2D eigenvalue weighted by molar-refractivity contribution is -0.0170. The van der Waals surface area contributed by atoms with Crippen LogP contribution in [0.5, 0.6) is 0 Å². The zero-order valence-corrected chi connectivity index (χ0v) is 24.2. The lowest BCUT2D eigenvalue weighted by Crippen LogP contribution is -2.44. The molecule has 1 fully saturated rings. The molecule has 0 aromatic carbocycles. The van der Waals surface area contributed by atoms with Gasteiger partial charge in [-0.25, -0.2) is 19.0 Å². The molecule has 12 heteroatoms. The van der Waals surface area contributed by atoms with Crippen LogP contribution in [0.1, 0.15) is 74.8 Å². The molecular formula is C26H37ClFN5O5. The summed E-state index contributed by atoms with van der Waals surface area (Å²) in [6.45, 7) is 20.2. The van der Waals surface area contributed by atoms with Crippen LogP contribution >= 0.6 is 11.6 Å². The number of anilines is 1. The first kappa shape index (κ1) is 29.8. The van der Waals surface area contributed by atoms with Crippen molar-refractivity contribution in [3.8, 4) is 0 Å². The Morgan fingerprint density at radius 2 is 1.61 bits per heavy atom. The smallest absolute Gasteiger partial charge is 0.427 e. The van der Waals surface area contributed by atoms with Crippen molar-refractivity contribution < 1.29 is 28.2 Å². The van der Waals surface area contributed by atoms with Crippen molar-refractivity contribution in [2.45, 2.75) is 97.8 Å². The van der Waals surface area contributed by atoms with Crippen molar-refractivity contribution in [3.63, 3.8) is 0 Å². The Hall–Kier alpha value is -2.79. The molecular weight excluding hydrogens is 517 g/mol. The molecule has 2 amide bonds. The van der Waals surface area contributed by atoms with E-state index in [0.717, 1.165) is 0 Å². The molecule has 2 heterocycles. The Morgan fingerprint density at radius 1 is 1.05 bits per heavy atom. The minimum Gasteiger partial charge on any atom is -0.443 e. The zero-order chi connectivity index (χ0) is 28.8. The minimum atomic E-state index is -1.29. The van der Waals surface area contributed by atoms with E-state index in [0.29, 0.717) is 17.1 Å². The average Bonchev–Trinajstić information content (AvgIpc) is 3.23. The summed E-state index contributed by atoms with van der Waals surface area (Å²) in [5.74, 6) is -0.608. The van der Waals surface area contributed by atoms with E-state index in [1.165, 1.54) is 10.9 Å². The van der Waals surface area contributed by atoms with Crippen molar-refractivity contribution >= 4 is 40.9 Å². The maximum absolute atomic E-state index is 15.4. The molecule has 210 valence electrons. The van der Waals surface area contributed by atoms with Gasteiger partial charge in [0.2, 0.25) is 5.95 Å². The lowest BCUT2D eigenvalue weighted by Gasteiger charge is -2.27. The summed E-state index contributed by atoms with van der Waals surface area (Å²) in [5.41, 5.74) is -1.32. The number of rotatable bonds is 4. The number of hydrogen-bond acceptors (Lipinski definition) is 8. The fourth-order valence-corrected chi connectivity index (χ4v) is 4.14. The van der Waals surface area contributed by atoms with E-state index < -0.39 is 35.6 Å². The van der Waals surface area contributed by atoms with E-state index in [1.54, 1.807) is 41.5 Å². The van der Waals surface area contributed by atoms with Crippen LogP contribution in [0.25, 0.3) is 11.2 Å². The second-order valence-corrected chi connectivity index (χ2v) is 12.7. The van der Waals surface area contributed by atoms with Crippen LogP contribution in [-0.2, 0) is 14.2 Å². The number of nitrogens with zero attached hydrogens (tertiary/aromatic N) is 5. The van der Waals surface area contributed by atoms with E-state index >= 15 is 4.39 Å². The summed E-state index contributed by atoms with van der Waals surface area (Å²) in [7, 11) is 0. The molecule has 0 N–H and O–H groups in total. The first-order valence-corrected chi connectivity index (χ1v) is 12.8. The highest BCUT2D eigenvalue weighted by Crippen LogP contribution is 2.43. The molecule has 3 atom stereocenters. The molecule has 2 aromatic heterocycles. The molecule has 1 saturated carbocycles. The number of halogens is 2. The third-order valence-corrected chi connectivity index (χ3v) is 5.76. The number of hydrogen-bond donors (Lipinski definition) is 0. The number of imide groups is 1. The number of carbonyl (C=O) groups excluding carboxylic acids is 2. The number of fused-ring (bicyclic) bond motifs is 1. The Labute approximate surface area is 227 Å². The van der Waals surface area contributed by atoms with E-state index in [1.807, 2.05) is 20.8 Å². The number of carbonyl (C=O) groups is 2. The highest BCUT2D eigenvalue weighted by molar-refractivity contribution is 6.33. The highest BCUT2D eigenvalue weighted by atomic mass is 35.5. The molecule has 38 heavy (non-hydrogen) atoms. The van der Waals surface area contributed by atoms with E-state index in [-0.39, 0.29) is 40.2 Å². The Kier molecular flexibility index (Phi) is 8.15. The largest absolute Gasteiger partial charge is 0.443 e. The lowest BCUT2D eigenvalue weighted by atomic mass is 10.0. The second-order valence-electron chi connectivity index (χ2n) is 12.3. The van der Waals surface area contributed by atoms with Gasteiger partial charge in [0.25, 0.3) is 0 Å². The minimum absolute atomic E-state index is 0.128. The SMILES string of the molecule is C=C1C(COC(C)(C)C)C[C@H](F)C1n1cnc2c(Cl)nc(N(C(=O)OC(C)(C)C)C(=O)OC(C)(C)C)nc21. The predicted octanol–water partition coefficient (Wildman–Crippen LogP) is 6.43. The number of amides is 2. The monoisotopic (exact) mass is 553 g/mol. The summed E-state index contributed by atoms with van der Waals surface area (Å²) in [6.07, 6.45) is -1.79. The second kappa shape index (κ2) is 10.4. The first-order valence-electron chi connectivity index (χ1n) is 12.4. The van der Waals surface area contributed by atoms with Gasteiger partial charge >= 0.3 is 12.2 Å². The van der Waals surface area contributed by atoms with E-state index in [2.05, 4.69) is 21.5 Å². The maximum atomic E-state index is 15.4. The molecule has 3 rings (SSSR count). The topological polar surface area (TPSA) is 109 Å². The van der Waals surface area contributed by atoms with Crippen molar-refractivity contribution in [3.05, 3.63) is 23.6 Å². The van der Waals surface area contributed by atoms with Crippen LogP contribution in [0, 0.1) is 5.92 Å². The van der Waals surface area contributed by atoms with E-state index in [9.17, 15) is 9.59 Å². The molecule has 2 aromatic rings. The van der Waals surface area contributed by atoms with Crippen LogP contribution in [0.2, 0.25) is 5.15 Å². The molecule has 0 bridgehead atoms.